The predicted octanol–water partition coefficient (Wildman–Crippen LogP) is 7.82. The molecule has 0 radical (unpaired) electrons. The highest BCUT2D eigenvalue weighted by Gasteiger charge is 2.29. The van der Waals surface area contributed by atoms with E-state index >= 15 is 0 Å². The van der Waals surface area contributed by atoms with Crippen LogP contribution in [-0.4, -0.2) is 20.1 Å². The zero-order valence-electron chi connectivity index (χ0n) is 22.1. The highest BCUT2D eigenvalue weighted by molar-refractivity contribution is 5.88. The van der Waals surface area contributed by atoms with E-state index in [0.717, 1.165) is 50.4 Å². The van der Waals surface area contributed by atoms with E-state index in [0.29, 0.717) is 0 Å². The molecule has 6 rings (SSSR count). The Labute approximate surface area is 229 Å². The maximum Gasteiger partial charge on any atom is 0.0914 e. The maximum atomic E-state index is 11.8. The van der Waals surface area contributed by atoms with Crippen LogP contribution in [0, 0.1) is 0 Å². The summed E-state index contributed by atoms with van der Waals surface area (Å²) in [6.07, 6.45) is 1.07. The van der Waals surface area contributed by atoms with Crippen molar-refractivity contribution < 1.29 is 5.11 Å². The van der Waals surface area contributed by atoms with E-state index in [4.69, 9.17) is 4.98 Å². The van der Waals surface area contributed by atoms with Gasteiger partial charge in [-0.1, -0.05) is 91.0 Å². The fraction of sp³-hybridized carbons (Fsp3) is 0.143. The van der Waals surface area contributed by atoms with Crippen LogP contribution in [0.3, 0.4) is 0 Å². The van der Waals surface area contributed by atoms with Gasteiger partial charge >= 0.3 is 0 Å². The first kappa shape index (κ1) is 24.8. The Hall–Kier alpha value is -4.54. The molecule has 0 saturated carbocycles. The fourth-order valence-corrected chi connectivity index (χ4v) is 5.37. The van der Waals surface area contributed by atoms with Gasteiger partial charge in [-0.2, -0.15) is 0 Å². The molecule has 39 heavy (non-hydrogen) atoms. The molecule has 6 aromatic rings. The Kier molecular flexibility index (Phi) is 6.55. The summed E-state index contributed by atoms with van der Waals surface area (Å²) in [6, 6.07) is 40.7. The molecule has 3 heterocycles. The van der Waals surface area contributed by atoms with Crippen LogP contribution in [0.25, 0.3) is 22.2 Å². The van der Waals surface area contributed by atoms with E-state index in [-0.39, 0.29) is 11.3 Å². The topological polar surface area (TPSA) is 61.8 Å². The van der Waals surface area contributed by atoms with Gasteiger partial charge in [0.05, 0.1) is 34.8 Å². The first-order valence-corrected chi connectivity index (χ1v) is 13.3. The zero-order chi connectivity index (χ0) is 26.8. The molecule has 2 atom stereocenters. The van der Waals surface area contributed by atoms with Crippen molar-refractivity contribution in [3.63, 3.8) is 0 Å². The van der Waals surface area contributed by atoms with Gasteiger partial charge in [-0.15, -0.1) is 0 Å². The number of benzene rings is 3. The molecule has 4 heteroatoms. The Morgan fingerprint density at radius 3 is 2.10 bits per heavy atom. The number of hydrogen-bond acceptors (Lipinski definition) is 3. The summed E-state index contributed by atoms with van der Waals surface area (Å²) < 4.78 is 0. The minimum Gasteiger partial charge on any atom is -0.387 e. The number of aliphatic hydroxyl groups is 1. The molecule has 3 aromatic carbocycles. The maximum absolute atomic E-state index is 11.8. The fourth-order valence-electron chi connectivity index (χ4n) is 5.37. The van der Waals surface area contributed by atoms with Crippen LogP contribution in [0.5, 0.6) is 0 Å². The molecule has 2 unspecified atom stereocenters. The standard InChI is InChI=1S/C35H31N3O/c1-35(2,30-19-11-12-22-36-30)31-21-20-28(37-31)29-23-26-17-9-10-18-27(26)33(38-29)32(24-13-5-3-6-14-24)34(39)25-15-7-4-8-16-25/h3-23,32,34,37,39H,1-2H3. The van der Waals surface area contributed by atoms with E-state index in [1.54, 1.807) is 0 Å². The van der Waals surface area contributed by atoms with Crippen LogP contribution < -0.4 is 0 Å². The second kappa shape index (κ2) is 10.3. The van der Waals surface area contributed by atoms with E-state index in [1.165, 1.54) is 0 Å². The summed E-state index contributed by atoms with van der Waals surface area (Å²) in [6.45, 7) is 4.34. The lowest BCUT2D eigenvalue weighted by Gasteiger charge is -2.25. The number of rotatable bonds is 7. The third kappa shape index (κ3) is 4.75. The average Bonchev–Trinajstić information content (AvgIpc) is 3.50. The molecule has 2 N–H and O–H groups in total. The van der Waals surface area contributed by atoms with Crippen molar-refractivity contribution in [2.24, 2.45) is 0 Å². The number of aromatic amines is 1. The SMILES string of the molecule is CC(C)(c1ccccn1)c1ccc(-c2cc3ccccc3c(C(c3ccccc3)C(O)c3ccccc3)n2)[nH]1. The largest absolute Gasteiger partial charge is 0.387 e. The second-order valence-electron chi connectivity index (χ2n) is 10.5. The molecule has 0 amide bonds. The molecule has 0 fully saturated rings. The summed E-state index contributed by atoms with van der Waals surface area (Å²) in [7, 11) is 0. The summed E-state index contributed by atoms with van der Waals surface area (Å²) >= 11 is 0. The van der Waals surface area contributed by atoms with Gasteiger partial charge in [-0.25, -0.2) is 4.98 Å². The molecule has 0 aliphatic rings. The number of nitrogens with zero attached hydrogens (tertiary/aromatic N) is 2. The van der Waals surface area contributed by atoms with Crippen LogP contribution in [0.4, 0.5) is 0 Å². The number of nitrogens with one attached hydrogen (secondary N) is 1. The molecule has 0 saturated heterocycles. The summed E-state index contributed by atoms with van der Waals surface area (Å²) in [5.41, 5.74) is 6.28. The van der Waals surface area contributed by atoms with E-state index in [9.17, 15) is 5.11 Å². The van der Waals surface area contributed by atoms with Crippen LogP contribution in [0.1, 0.15) is 54.1 Å². The van der Waals surface area contributed by atoms with Gasteiger partial charge in [0.25, 0.3) is 0 Å². The number of fused-ring (bicyclic) bond motifs is 1. The molecular formula is C35H31N3O. The number of hydrogen-bond donors (Lipinski definition) is 2. The summed E-state index contributed by atoms with van der Waals surface area (Å²) in [5.74, 6) is -0.349. The van der Waals surface area contributed by atoms with Gasteiger partial charge in [0.15, 0.2) is 0 Å². The van der Waals surface area contributed by atoms with E-state index in [2.05, 4.69) is 72.3 Å². The van der Waals surface area contributed by atoms with Crippen LogP contribution in [-0.2, 0) is 5.41 Å². The van der Waals surface area contributed by atoms with Crippen molar-refractivity contribution in [3.05, 3.63) is 156 Å². The van der Waals surface area contributed by atoms with Crippen LogP contribution >= 0.6 is 0 Å². The molecule has 0 aliphatic heterocycles. The Morgan fingerprint density at radius 2 is 1.38 bits per heavy atom. The van der Waals surface area contributed by atoms with E-state index in [1.807, 2.05) is 79.0 Å². The molecule has 0 aliphatic carbocycles. The van der Waals surface area contributed by atoms with Crippen molar-refractivity contribution in [3.8, 4) is 11.4 Å². The number of aromatic nitrogens is 3. The van der Waals surface area contributed by atoms with Crippen molar-refractivity contribution in [2.75, 3.05) is 0 Å². The highest BCUT2D eigenvalue weighted by atomic mass is 16.3. The smallest absolute Gasteiger partial charge is 0.0914 e. The quantitative estimate of drug-likeness (QED) is 0.231. The monoisotopic (exact) mass is 509 g/mol. The van der Waals surface area contributed by atoms with Gasteiger partial charge in [0.1, 0.15) is 0 Å². The van der Waals surface area contributed by atoms with Crippen molar-refractivity contribution in [1.29, 1.82) is 0 Å². The zero-order valence-corrected chi connectivity index (χ0v) is 22.1. The summed E-state index contributed by atoms with van der Waals surface area (Å²) in [4.78, 5) is 13.5. The van der Waals surface area contributed by atoms with Crippen molar-refractivity contribution >= 4 is 10.8 Å². The highest BCUT2D eigenvalue weighted by Crippen LogP contribution is 2.40. The van der Waals surface area contributed by atoms with Gasteiger partial charge in [0, 0.05) is 22.7 Å². The number of H-pyrrole nitrogens is 1. The minimum absolute atomic E-state index is 0.296. The molecule has 0 spiro atoms. The lowest BCUT2D eigenvalue weighted by molar-refractivity contribution is 0.158. The average molecular weight is 510 g/mol. The molecule has 3 aromatic heterocycles. The first-order chi connectivity index (χ1) is 19.0. The van der Waals surface area contributed by atoms with Gasteiger partial charge < -0.3 is 10.1 Å². The second-order valence-corrected chi connectivity index (χ2v) is 10.5. The van der Waals surface area contributed by atoms with E-state index < -0.39 is 6.10 Å². The van der Waals surface area contributed by atoms with Crippen molar-refractivity contribution in [2.45, 2.75) is 31.3 Å². The lowest BCUT2D eigenvalue weighted by atomic mass is 9.84. The Morgan fingerprint density at radius 1 is 0.718 bits per heavy atom. The normalized spacial score (nSPS) is 13.3. The van der Waals surface area contributed by atoms with Gasteiger partial charge in [0.2, 0.25) is 0 Å². The summed E-state index contributed by atoms with van der Waals surface area (Å²) in [5, 5.41) is 13.9. The number of pyridine rings is 2. The lowest BCUT2D eigenvalue weighted by Crippen LogP contribution is -2.20. The molecule has 0 bridgehead atoms. The van der Waals surface area contributed by atoms with Gasteiger partial charge in [-0.05, 0) is 60.7 Å². The first-order valence-electron chi connectivity index (χ1n) is 13.3. The van der Waals surface area contributed by atoms with Crippen LogP contribution in [0.15, 0.2) is 128 Å². The van der Waals surface area contributed by atoms with Crippen molar-refractivity contribution in [1.82, 2.24) is 15.0 Å². The van der Waals surface area contributed by atoms with Crippen LogP contribution in [0.2, 0.25) is 0 Å². The molecule has 192 valence electrons. The van der Waals surface area contributed by atoms with Gasteiger partial charge in [-0.3, -0.25) is 4.98 Å². The minimum atomic E-state index is -0.762. The Bertz CT molecular complexity index is 1690. The molecule has 4 nitrogen and oxygen atoms in total. The third-order valence-corrected chi connectivity index (χ3v) is 7.62. The number of aliphatic hydroxyl groups excluding tert-OH is 1. The molecular weight excluding hydrogens is 478 g/mol. The Balaban J connectivity index is 1.51. The predicted molar refractivity (Wildman–Crippen MR) is 158 cm³/mol. The third-order valence-electron chi connectivity index (χ3n) is 7.62.